The summed E-state index contributed by atoms with van der Waals surface area (Å²) in [6.07, 6.45) is 9.31. The van der Waals surface area contributed by atoms with E-state index >= 15 is 0 Å². The Morgan fingerprint density at radius 3 is 2.56 bits per heavy atom. The van der Waals surface area contributed by atoms with E-state index in [1.165, 1.54) is 0 Å². The average Bonchev–Trinajstić information content (AvgIpc) is 3.36. The van der Waals surface area contributed by atoms with Gasteiger partial charge in [-0.15, -0.1) is 0 Å². The van der Waals surface area contributed by atoms with Crippen LogP contribution in [0.5, 0.6) is 0 Å². The van der Waals surface area contributed by atoms with Gasteiger partial charge in [0.25, 0.3) is 0 Å². The standard InChI is InChI=1S/C18H19Cl2N2O3/c19-14-7-21-8-15(20)16(14)17-13(18(25-22-17)10-1-2-10)9-24-12-5-3-11(23)4-6-12/h3,7-8,10-12,23H,1-2,4-6,9H2/t11-,12-/m0/s1. The van der Waals surface area contributed by atoms with E-state index in [2.05, 4.69) is 10.1 Å². The molecule has 0 amide bonds. The minimum Gasteiger partial charge on any atom is -0.393 e. The van der Waals surface area contributed by atoms with Gasteiger partial charge in [0.05, 0.1) is 28.9 Å². The molecule has 2 fully saturated rings. The van der Waals surface area contributed by atoms with Crippen molar-refractivity contribution in [1.29, 1.82) is 0 Å². The van der Waals surface area contributed by atoms with Gasteiger partial charge in [0.15, 0.2) is 0 Å². The molecule has 5 nitrogen and oxygen atoms in total. The molecule has 1 radical (unpaired) electrons. The van der Waals surface area contributed by atoms with Crippen LogP contribution in [0.15, 0.2) is 16.9 Å². The maximum atomic E-state index is 9.59. The number of halogens is 2. The second-order valence-corrected chi connectivity index (χ2v) is 7.49. The van der Waals surface area contributed by atoms with Crippen LogP contribution in [0.4, 0.5) is 0 Å². The zero-order chi connectivity index (χ0) is 17.4. The molecule has 133 valence electrons. The first-order valence-electron chi connectivity index (χ1n) is 8.54. The second kappa shape index (κ2) is 7.23. The van der Waals surface area contributed by atoms with Crippen molar-refractivity contribution in [3.8, 4) is 11.3 Å². The van der Waals surface area contributed by atoms with Gasteiger partial charge in [-0.05, 0) is 38.5 Å². The van der Waals surface area contributed by atoms with E-state index in [-0.39, 0.29) is 12.2 Å². The van der Waals surface area contributed by atoms with Crippen LogP contribution < -0.4 is 0 Å². The molecule has 0 spiro atoms. The predicted molar refractivity (Wildman–Crippen MR) is 94.5 cm³/mol. The van der Waals surface area contributed by atoms with E-state index < -0.39 is 0 Å². The smallest absolute Gasteiger partial charge is 0.145 e. The fourth-order valence-corrected chi connectivity index (χ4v) is 3.76. The Labute approximate surface area is 156 Å². The van der Waals surface area contributed by atoms with Crippen molar-refractivity contribution in [2.75, 3.05) is 0 Å². The fourth-order valence-electron chi connectivity index (χ4n) is 3.22. The number of aromatic nitrogens is 2. The van der Waals surface area contributed by atoms with Gasteiger partial charge in [-0.1, -0.05) is 28.4 Å². The lowest BCUT2D eigenvalue weighted by Crippen LogP contribution is -2.24. The highest BCUT2D eigenvalue weighted by atomic mass is 35.5. The van der Waals surface area contributed by atoms with Crippen molar-refractivity contribution in [2.45, 2.75) is 56.8 Å². The monoisotopic (exact) mass is 381 g/mol. The molecule has 0 aliphatic heterocycles. The first-order valence-corrected chi connectivity index (χ1v) is 9.30. The molecule has 0 aromatic carbocycles. The molecule has 2 aliphatic rings. The summed E-state index contributed by atoms with van der Waals surface area (Å²) in [5, 5.41) is 14.7. The zero-order valence-corrected chi connectivity index (χ0v) is 15.1. The van der Waals surface area contributed by atoms with Gasteiger partial charge >= 0.3 is 0 Å². The van der Waals surface area contributed by atoms with Crippen LogP contribution in [0.25, 0.3) is 11.3 Å². The van der Waals surface area contributed by atoms with Gasteiger partial charge in [0.2, 0.25) is 0 Å². The third-order valence-corrected chi connectivity index (χ3v) is 5.35. The molecule has 0 unspecified atom stereocenters. The third kappa shape index (κ3) is 3.70. The first-order chi connectivity index (χ1) is 12.1. The highest BCUT2D eigenvalue weighted by molar-refractivity contribution is 6.38. The average molecular weight is 382 g/mol. The lowest BCUT2D eigenvalue weighted by molar-refractivity contribution is 0.00676. The third-order valence-electron chi connectivity index (χ3n) is 4.78. The number of hydrogen-bond donors (Lipinski definition) is 1. The van der Waals surface area contributed by atoms with Crippen LogP contribution in [-0.2, 0) is 11.3 Å². The van der Waals surface area contributed by atoms with Crippen LogP contribution in [0.1, 0.15) is 49.3 Å². The van der Waals surface area contributed by atoms with Crippen LogP contribution >= 0.6 is 23.2 Å². The minimum absolute atomic E-state index is 0.0987. The Bertz CT molecular complexity index is 733. The summed E-state index contributed by atoms with van der Waals surface area (Å²) in [5.74, 6) is 1.28. The number of rotatable bonds is 5. The van der Waals surface area contributed by atoms with E-state index in [0.29, 0.717) is 33.8 Å². The van der Waals surface area contributed by atoms with Crippen molar-refractivity contribution in [3.63, 3.8) is 0 Å². The largest absolute Gasteiger partial charge is 0.393 e. The molecule has 2 aromatic rings. The molecular weight excluding hydrogens is 363 g/mol. The maximum Gasteiger partial charge on any atom is 0.145 e. The predicted octanol–water partition coefficient (Wildman–Crippen LogP) is 4.56. The summed E-state index contributed by atoms with van der Waals surface area (Å²) in [4.78, 5) is 4.00. The highest BCUT2D eigenvalue weighted by Gasteiger charge is 2.34. The number of ether oxygens (including phenoxy) is 1. The minimum atomic E-state index is -0.317. The summed E-state index contributed by atoms with van der Waals surface area (Å²) in [7, 11) is 0. The molecule has 2 atom stereocenters. The zero-order valence-electron chi connectivity index (χ0n) is 13.6. The maximum absolute atomic E-state index is 9.59. The molecule has 0 saturated heterocycles. The van der Waals surface area contributed by atoms with Crippen LogP contribution in [0.2, 0.25) is 10.0 Å². The van der Waals surface area contributed by atoms with Gasteiger partial charge in [0.1, 0.15) is 11.5 Å². The van der Waals surface area contributed by atoms with E-state index in [1.807, 2.05) is 6.42 Å². The molecule has 0 bridgehead atoms. The fraction of sp³-hybridized carbons (Fsp3) is 0.500. The van der Waals surface area contributed by atoms with Crippen LogP contribution in [0, 0.1) is 6.42 Å². The Kier molecular flexibility index (Phi) is 5.00. The van der Waals surface area contributed by atoms with Gasteiger partial charge in [-0.2, -0.15) is 0 Å². The van der Waals surface area contributed by atoms with Crippen molar-refractivity contribution in [1.82, 2.24) is 10.1 Å². The molecule has 2 aliphatic carbocycles. The first kappa shape index (κ1) is 17.3. The van der Waals surface area contributed by atoms with E-state index in [1.54, 1.807) is 12.4 Å². The lowest BCUT2D eigenvalue weighted by Gasteiger charge is -2.25. The SMILES string of the molecule is O[C@H]1[CH]C[C@H](OCc2c(-c3c(Cl)cncc3Cl)noc2C2CC2)CC1. The molecule has 2 aromatic heterocycles. The summed E-state index contributed by atoms with van der Waals surface area (Å²) >= 11 is 12.6. The van der Waals surface area contributed by atoms with Crippen molar-refractivity contribution in [2.24, 2.45) is 0 Å². The highest BCUT2D eigenvalue weighted by Crippen LogP contribution is 2.46. The number of pyridine rings is 1. The summed E-state index contributed by atoms with van der Waals surface area (Å²) in [6, 6.07) is 0. The molecule has 25 heavy (non-hydrogen) atoms. The van der Waals surface area contributed by atoms with E-state index in [4.69, 9.17) is 32.5 Å². The van der Waals surface area contributed by atoms with Crippen LogP contribution in [-0.4, -0.2) is 27.5 Å². The Hall–Kier alpha value is -1.14. The van der Waals surface area contributed by atoms with Crippen molar-refractivity contribution >= 4 is 23.2 Å². The van der Waals surface area contributed by atoms with Gasteiger partial charge in [0, 0.05) is 29.4 Å². The normalized spacial score (nSPS) is 23.8. The number of hydrogen-bond acceptors (Lipinski definition) is 5. The van der Waals surface area contributed by atoms with Crippen molar-refractivity contribution in [3.05, 3.63) is 40.2 Å². The second-order valence-electron chi connectivity index (χ2n) is 6.68. The number of aliphatic hydroxyl groups excluding tert-OH is 1. The van der Waals surface area contributed by atoms with Crippen LogP contribution in [0.3, 0.4) is 0 Å². The quantitative estimate of drug-likeness (QED) is 0.822. The van der Waals surface area contributed by atoms with Crippen molar-refractivity contribution < 1.29 is 14.4 Å². The molecule has 1 N–H and O–H groups in total. The van der Waals surface area contributed by atoms with E-state index in [0.717, 1.165) is 43.4 Å². The summed E-state index contributed by atoms with van der Waals surface area (Å²) in [5.41, 5.74) is 2.20. The van der Waals surface area contributed by atoms with Gasteiger partial charge in [-0.25, -0.2) is 0 Å². The van der Waals surface area contributed by atoms with E-state index in [9.17, 15) is 5.11 Å². The summed E-state index contributed by atoms with van der Waals surface area (Å²) in [6.45, 7) is 0.397. The Balaban J connectivity index is 1.60. The molecule has 7 heteroatoms. The lowest BCUT2D eigenvalue weighted by atomic mass is 9.95. The molecule has 2 heterocycles. The Morgan fingerprint density at radius 1 is 1.16 bits per heavy atom. The van der Waals surface area contributed by atoms with Gasteiger partial charge < -0.3 is 14.4 Å². The topological polar surface area (TPSA) is 68.4 Å². The molecule has 4 rings (SSSR count). The molecular formula is C18H19Cl2N2O3. The summed E-state index contributed by atoms with van der Waals surface area (Å²) < 4.78 is 11.7. The number of aliphatic hydroxyl groups is 1. The Morgan fingerprint density at radius 2 is 1.92 bits per heavy atom. The number of nitrogens with zero attached hydrogens (tertiary/aromatic N) is 2. The van der Waals surface area contributed by atoms with Gasteiger partial charge in [-0.3, -0.25) is 4.98 Å². The molecule has 2 saturated carbocycles.